The Kier molecular flexibility index (Phi) is 2.91. The van der Waals surface area contributed by atoms with Gasteiger partial charge in [0.15, 0.2) is 0 Å². The Morgan fingerprint density at radius 2 is 2.00 bits per heavy atom. The number of ether oxygens (including phenoxy) is 1. The summed E-state index contributed by atoms with van der Waals surface area (Å²) in [5, 5.41) is 10.1. The van der Waals surface area contributed by atoms with E-state index >= 15 is 0 Å². The lowest BCUT2D eigenvalue weighted by molar-refractivity contribution is 0.0853. The topological polar surface area (TPSA) is 42.6 Å². The van der Waals surface area contributed by atoms with E-state index in [1.807, 2.05) is 12.1 Å². The molecule has 0 atom stereocenters. The van der Waals surface area contributed by atoms with E-state index in [1.165, 1.54) is 5.56 Å². The van der Waals surface area contributed by atoms with Crippen molar-refractivity contribution in [2.24, 2.45) is 0 Å². The van der Waals surface area contributed by atoms with Crippen LogP contribution < -0.4 is 5.66 Å². The minimum absolute atomic E-state index is 0.0404. The summed E-state index contributed by atoms with van der Waals surface area (Å²) in [6.45, 7) is 1.71. The van der Waals surface area contributed by atoms with Crippen LogP contribution in [0.1, 0.15) is 24.3 Å². The monoisotopic (exact) mass is 230 g/mol. The summed E-state index contributed by atoms with van der Waals surface area (Å²) in [4.78, 5) is 0. The van der Waals surface area contributed by atoms with Crippen molar-refractivity contribution in [3.63, 3.8) is 0 Å². The summed E-state index contributed by atoms with van der Waals surface area (Å²) in [6.07, 6.45) is 2.19. The Morgan fingerprint density at radius 1 is 1.18 bits per heavy atom. The van der Waals surface area contributed by atoms with Gasteiger partial charge in [-0.25, -0.2) is 0 Å². The molecule has 4 heteroatoms. The lowest BCUT2D eigenvalue weighted by Crippen LogP contribution is -2.13. The van der Waals surface area contributed by atoms with Gasteiger partial charge in [0, 0.05) is 18.6 Å². The van der Waals surface area contributed by atoms with Crippen molar-refractivity contribution in [1.82, 2.24) is 0 Å². The molecule has 1 aromatic heterocycles. The van der Waals surface area contributed by atoms with E-state index in [9.17, 15) is 0 Å². The minimum atomic E-state index is -0.0404. The molecule has 3 rings (SSSR count). The van der Waals surface area contributed by atoms with Crippen molar-refractivity contribution in [2.45, 2.75) is 18.8 Å². The van der Waals surface area contributed by atoms with Gasteiger partial charge in [-0.2, -0.15) is 0 Å². The maximum absolute atomic E-state index is 9.05. The third-order valence-electron chi connectivity index (χ3n) is 3.44. The zero-order chi connectivity index (χ0) is 11.7. The molecular weight excluding hydrogens is 215 g/mol. The Hall–Kier alpha value is -1.26. The van der Waals surface area contributed by atoms with E-state index < -0.39 is 0 Å². The normalized spacial score (nSPS) is 17.5. The molecule has 1 aromatic carbocycles. The van der Waals surface area contributed by atoms with Crippen LogP contribution in [-0.4, -0.2) is 25.7 Å². The first-order valence-corrected chi connectivity index (χ1v) is 6.08. The quantitative estimate of drug-likeness (QED) is 0.790. The van der Waals surface area contributed by atoms with E-state index in [-0.39, 0.29) is 7.48 Å². The van der Waals surface area contributed by atoms with Crippen molar-refractivity contribution in [1.29, 1.82) is 0 Å². The van der Waals surface area contributed by atoms with Gasteiger partial charge in [0.25, 0.3) is 0 Å². The van der Waals surface area contributed by atoms with E-state index in [0.29, 0.717) is 11.6 Å². The summed E-state index contributed by atoms with van der Waals surface area (Å²) in [7, 11) is -0.0404. The molecule has 0 bridgehead atoms. The number of furan rings is 1. The Labute approximate surface area is 101 Å². The highest BCUT2D eigenvalue weighted by Gasteiger charge is 2.16. The molecule has 3 nitrogen and oxygen atoms in total. The van der Waals surface area contributed by atoms with Crippen LogP contribution in [0, 0.1) is 0 Å². The molecule has 0 spiro atoms. The van der Waals surface area contributed by atoms with E-state index in [1.54, 1.807) is 0 Å². The molecule has 1 aliphatic heterocycles. The van der Waals surface area contributed by atoms with Crippen LogP contribution in [0.4, 0.5) is 0 Å². The molecule has 0 aliphatic carbocycles. The van der Waals surface area contributed by atoms with Crippen LogP contribution in [0.2, 0.25) is 0 Å². The molecule has 1 saturated heterocycles. The molecule has 0 unspecified atom stereocenters. The zero-order valence-electron chi connectivity index (χ0n) is 9.69. The molecule has 17 heavy (non-hydrogen) atoms. The standard InChI is InChI=1S/C13H15BO3/c15-14-13-8-11-7-10(1-2-12(11)17-13)9-3-5-16-6-4-9/h1-2,7-9,14-15H,3-6H2. The molecule has 1 aliphatic rings. The van der Waals surface area contributed by atoms with Gasteiger partial charge in [-0.3, -0.25) is 0 Å². The minimum Gasteiger partial charge on any atom is -0.468 e. The van der Waals surface area contributed by atoms with Crippen molar-refractivity contribution in [3.8, 4) is 0 Å². The zero-order valence-corrected chi connectivity index (χ0v) is 9.69. The maximum Gasteiger partial charge on any atom is 0.347 e. The van der Waals surface area contributed by atoms with Gasteiger partial charge in [-0.05, 0) is 42.5 Å². The van der Waals surface area contributed by atoms with Crippen LogP contribution in [0.25, 0.3) is 11.0 Å². The number of hydrogen-bond donors (Lipinski definition) is 1. The second kappa shape index (κ2) is 4.55. The average Bonchev–Trinajstić information content (AvgIpc) is 2.81. The fourth-order valence-corrected chi connectivity index (χ4v) is 2.48. The van der Waals surface area contributed by atoms with Gasteiger partial charge >= 0.3 is 7.48 Å². The van der Waals surface area contributed by atoms with Crippen molar-refractivity contribution < 1.29 is 14.2 Å². The smallest absolute Gasteiger partial charge is 0.347 e. The number of rotatable bonds is 2. The van der Waals surface area contributed by atoms with Crippen molar-refractivity contribution >= 4 is 24.1 Å². The summed E-state index contributed by atoms with van der Waals surface area (Å²) < 4.78 is 10.9. The van der Waals surface area contributed by atoms with Gasteiger partial charge in [-0.15, -0.1) is 0 Å². The van der Waals surface area contributed by atoms with Gasteiger partial charge in [0.1, 0.15) is 5.58 Å². The summed E-state index contributed by atoms with van der Waals surface area (Å²) in [5.41, 5.74) is 2.83. The Bertz CT molecular complexity index is 514. The Balaban J connectivity index is 1.94. The van der Waals surface area contributed by atoms with Crippen LogP contribution in [-0.2, 0) is 4.74 Å². The van der Waals surface area contributed by atoms with Gasteiger partial charge in [-0.1, -0.05) is 6.07 Å². The summed E-state index contributed by atoms with van der Waals surface area (Å²) in [6, 6.07) is 8.22. The van der Waals surface area contributed by atoms with Crippen LogP contribution in [0.5, 0.6) is 0 Å². The lowest BCUT2D eigenvalue weighted by atomic mass is 9.91. The van der Waals surface area contributed by atoms with E-state index in [4.69, 9.17) is 14.2 Å². The third kappa shape index (κ3) is 2.10. The van der Waals surface area contributed by atoms with Crippen molar-refractivity contribution in [2.75, 3.05) is 13.2 Å². The largest absolute Gasteiger partial charge is 0.468 e. The molecule has 2 heterocycles. The molecule has 2 aromatic rings. The first-order valence-electron chi connectivity index (χ1n) is 6.08. The van der Waals surface area contributed by atoms with Crippen LogP contribution >= 0.6 is 0 Å². The highest BCUT2D eigenvalue weighted by Crippen LogP contribution is 2.29. The number of benzene rings is 1. The second-order valence-electron chi connectivity index (χ2n) is 4.55. The molecular formula is C13H15BO3. The number of hydrogen-bond acceptors (Lipinski definition) is 3. The predicted molar refractivity (Wildman–Crippen MR) is 68.0 cm³/mol. The molecule has 0 amide bonds. The van der Waals surface area contributed by atoms with E-state index in [2.05, 4.69) is 12.1 Å². The molecule has 1 N–H and O–H groups in total. The fourth-order valence-electron chi connectivity index (χ4n) is 2.48. The van der Waals surface area contributed by atoms with Gasteiger partial charge in [0.2, 0.25) is 0 Å². The highest BCUT2D eigenvalue weighted by atomic mass is 16.5. The lowest BCUT2D eigenvalue weighted by Gasteiger charge is -2.22. The van der Waals surface area contributed by atoms with E-state index in [0.717, 1.165) is 37.0 Å². The predicted octanol–water partition coefficient (Wildman–Crippen LogP) is 1.30. The fraction of sp³-hybridized carbons (Fsp3) is 0.385. The second-order valence-corrected chi connectivity index (χ2v) is 4.55. The highest BCUT2D eigenvalue weighted by molar-refractivity contribution is 6.44. The van der Waals surface area contributed by atoms with Gasteiger partial charge in [0.05, 0.1) is 5.66 Å². The summed E-state index contributed by atoms with van der Waals surface area (Å²) >= 11 is 0. The molecule has 1 fully saturated rings. The maximum atomic E-state index is 9.05. The SMILES string of the molecule is OBc1cc2cc(C3CCOCC3)ccc2o1. The Morgan fingerprint density at radius 3 is 2.76 bits per heavy atom. The first-order chi connectivity index (χ1) is 8.36. The van der Waals surface area contributed by atoms with Gasteiger partial charge < -0.3 is 14.2 Å². The average molecular weight is 230 g/mol. The van der Waals surface area contributed by atoms with Crippen LogP contribution in [0.15, 0.2) is 28.7 Å². The molecule has 0 saturated carbocycles. The summed E-state index contributed by atoms with van der Waals surface area (Å²) in [5.74, 6) is 0.598. The molecule has 88 valence electrons. The van der Waals surface area contributed by atoms with Crippen LogP contribution in [0.3, 0.4) is 0 Å². The third-order valence-corrected chi connectivity index (χ3v) is 3.44. The number of fused-ring (bicyclic) bond motifs is 1. The first kappa shape index (κ1) is 10.9. The van der Waals surface area contributed by atoms with Crippen molar-refractivity contribution in [3.05, 3.63) is 29.8 Å². The molecule has 0 radical (unpaired) electrons.